The second-order valence-corrected chi connectivity index (χ2v) is 5.80. The van der Waals surface area contributed by atoms with E-state index in [1.165, 1.54) is 0 Å². The lowest BCUT2D eigenvalue weighted by Gasteiger charge is -2.14. The lowest BCUT2D eigenvalue weighted by molar-refractivity contribution is 0.112. The fourth-order valence-corrected chi connectivity index (χ4v) is 2.51. The molecule has 0 heterocycles. The van der Waals surface area contributed by atoms with Crippen LogP contribution in [0.5, 0.6) is 11.5 Å². The fraction of sp³-hybridized carbons (Fsp3) is 0.136. The lowest BCUT2D eigenvalue weighted by Crippen LogP contribution is -2.01. The van der Waals surface area contributed by atoms with Crippen LogP contribution >= 0.6 is 0 Å². The van der Waals surface area contributed by atoms with E-state index >= 15 is 0 Å². The average Bonchev–Trinajstić information content (AvgIpc) is 2.67. The highest BCUT2D eigenvalue weighted by atomic mass is 16.5. The van der Waals surface area contributed by atoms with Crippen LogP contribution in [0.2, 0.25) is 0 Å². The van der Waals surface area contributed by atoms with Crippen LogP contribution in [0.25, 0.3) is 0 Å². The number of hydrogen-bond donors (Lipinski definition) is 0. The Kier molecular flexibility index (Phi) is 5.47. The van der Waals surface area contributed by atoms with Crippen LogP contribution in [0.1, 0.15) is 27.0 Å². The molecule has 0 aromatic heterocycles. The van der Waals surface area contributed by atoms with E-state index in [0.717, 1.165) is 23.0 Å². The second kappa shape index (κ2) is 8.15. The van der Waals surface area contributed by atoms with Gasteiger partial charge in [-0.1, -0.05) is 60.7 Å². The molecule has 0 radical (unpaired) electrons. The summed E-state index contributed by atoms with van der Waals surface area (Å²) in [6, 6.07) is 23.4. The molecule has 0 bridgehead atoms. The van der Waals surface area contributed by atoms with Crippen LogP contribution in [0.4, 0.5) is 0 Å². The molecule has 0 unspecified atom stereocenters. The summed E-state index contributed by atoms with van der Waals surface area (Å²) in [5.74, 6) is 1.29. The first-order valence-corrected chi connectivity index (χ1v) is 8.19. The normalized spacial score (nSPS) is 10.3. The van der Waals surface area contributed by atoms with E-state index in [-0.39, 0.29) is 0 Å². The van der Waals surface area contributed by atoms with Gasteiger partial charge < -0.3 is 9.47 Å². The molecule has 25 heavy (non-hydrogen) atoms. The second-order valence-electron chi connectivity index (χ2n) is 5.80. The Morgan fingerprint density at radius 3 is 1.92 bits per heavy atom. The van der Waals surface area contributed by atoms with E-state index < -0.39 is 0 Å². The van der Waals surface area contributed by atoms with Gasteiger partial charge in [-0.2, -0.15) is 0 Å². The minimum atomic E-state index is 0.445. The van der Waals surface area contributed by atoms with Gasteiger partial charge in [0.25, 0.3) is 0 Å². The van der Waals surface area contributed by atoms with Crippen molar-refractivity contribution in [3.63, 3.8) is 0 Å². The lowest BCUT2D eigenvalue weighted by atomic mass is 10.1. The molecule has 3 aromatic carbocycles. The summed E-state index contributed by atoms with van der Waals surface area (Å²) in [5.41, 5.74) is 3.54. The molecule has 3 rings (SSSR count). The van der Waals surface area contributed by atoms with Crippen molar-refractivity contribution in [2.24, 2.45) is 0 Å². The quantitative estimate of drug-likeness (QED) is 0.573. The van der Waals surface area contributed by atoms with Crippen LogP contribution in [-0.2, 0) is 13.2 Å². The van der Waals surface area contributed by atoms with Gasteiger partial charge in [0.15, 0.2) is 6.29 Å². The molecule has 126 valence electrons. The maximum Gasteiger partial charge on any atom is 0.150 e. The van der Waals surface area contributed by atoms with Crippen LogP contribution < -0.4 is 9.47 Å². The highest BCUT2D eigenvalue weighted by Crippen LogP contribution is 2.29. The number of ether oxygens (including phenoxy) is 2. The zero-order valence-electron chi connectivity index (χ0n) is 14.1. The summed E-state index contributed by atoms with van der Waals surface area (Å²) in [4.78, 5) is 11.4. The Labute approximate surface area is 147 Å². The van der Waals surface area contributed by atoms with Crippen LogP contribution in [-0.4, -0.2) is 6.29 Å². The van der Waals surface area contributed by atoms with Gasteiger partial charge in [0.05, 0.1) is 0 Å². The minimum absolute atomic E-state index is 0.445. The Morgan fingerprint density at radius 1 is 0.800 bits per heavy atom. The van der Waals surface area contributed by atoms with Crippen molar-refractivity contribution >= 4 is 6.29 Å². The largest absolute Gasteiger partial charge is 0.489 e. The first-order chi connectivity index (χ1) is 12.3. The summed E-state index contributed by atoms with van der Waals surface area (Å²) in [5, 5.41) is 0. The first-order valence-electron chi connectivity index (χ1n) is 8.19. The van der Waals surface area contributed by atoms with Crippen molar-refractivity contribution in [2.45, 2.75) is 20.1 Å². The Morgan fingerprint density at radius 2 is 1.36 bits per heavy atom. The third-order valence-electron chi connectivity index (χ3n) is 3.99. The molecule has 3 aromatic rings. The third kappa shape index (κ3) is 4.48. The summed E-state index contributed by atoms with van der Waals surface area (Å²) >= 11 is 0. The van der Waals surface area contributed by atoms with Crippen LogP contribution in [0.15, 0.2) is 72.8 Å². The Bertz CT molecular complexity index is 827. The van der Waals surface area contributed by atoms with Gasteiger partial charge in [0, 0.05) is 17.2 Å². The first kappa shape index (κ1) is 16.8. The van der Waals surface area contributed by atoms with Crippen molar-refractivity contribution in [1.82, 2.24) is 0 Å². The van der Waals surface area contributed by atoms with E-state index in [0.29, 0.717) is 30.3 Å². The molecule has 0 N–H and O–H groups in total. The maximum absolute atomic E-state index is 11.4. The fourth-order valence-electron chi connectivity index (χ4n) is 2.51. The van der Waals surface area contributed by atoms with Gasteiger partial charge in [-0.15, -0.1) is 0 Å². The van der Waals surface area contributed by atoms with E-state index in [2.05, 4.69) is 0 Å². The molecule has 3 heteroatoms. The molecular weight excluding hydrogens is 312 g/mol. The van der Waals surface area contributed by atoms with Gasteiger partial charge in [0.1, 0.15) is 24.7 Å². The molecule has 0 saturated carbocycles. The van der Waals surface area contributed by atoms with E-state index in [9.17, 15) is 4.79 Å². The van der Waals surface area contributed by atoms with Crippen molar-refractivity contribution in [3.8, 4) is 11.5 Å². The SMILES string of the molecule is Cc1c(C=O)cc(OCc2ccccc2)cc1OCc1ccccc1. The third-order valence-corrected chi connectivity index (χ3v) is 3.99. The standard InChI is InChI=1S/C22H20O3/c1-17-20(14-23)12-21(24-15-18-8-4-2-5-9-18)13-22(17)25-16-19-10-6-3-7-11-19/h2-14H,15-16H2,1H3. The summed E-state index contributed by atoms with van der Waals surface area (Å²) in [6.07, 6.45) is 0.833. The number of aldehydes is 1. The summed E-state index contributed by atoms with van der Waals surface area (Å²) in [6.45, 7) is 2.77. The Balaban J connectivity index is 1.76. The molecule has 0 amide bonds. The Hall–Kier alpha value is -3.07. The van der Waals surface area contributed by atoms with Gasteiger partial charge in [-0.3, -0.25) is 4.79 Å². The predicted octanol–water partition coefficient (Wildman–Crippen LogP) is 4.97. The molecule has 0 aliphatic carbocycles. The van der Waals surface area contributed by atoms with Gasteiger partial charge in [0.2, 0.25) is 0 Å². The zero-order valence-corrected chi connectivity index (χ0v) is 14.1. The van der Waals surface area contributed by atoms with Gasteiger partial charge >= 0.3 is 0 Å². The number of carbonyl (C=O) groups is 1. The molecule has 0 fully saturated rings. The average molecular weight is 332 g/mol. The van der Waals surface area contributed by atoms with Crippen LogP contribution in [0, 0.1) is 6.92 Å². The molecular formula is C22H20O3. The topological polar surface area (TPSA) is 35.5 Å². The van der Waals surface area contributed by atoms with E-state index in [1.54, 1.807) is 6.07 Å². The molecule has 0 atom stereocenters. The van der Waals surface area contributed by atoms with E-state index in [4.69, 9.17) is 9.47 Å². The number of hydrogen-bond acceptors (Lipinski definition) is 3. The van der Waals surface area contributed by atoms with Crippen molar-refractivity contribution in [2.75, 3.05) is 0 Å². The van der Waals surface area contributed by atoms with E-state index in [1.807, 2.05) is 73.7 Å². The number of benzene rings is 3. The summed E-state index contributed by atoms with van der Waals surface area (Å²) < 4.78 is 11.8. The highest BCUT2D eigenvalue weighted by Gasteiger charge is 2.10. The molecule has 0 saturated heterocycles. The van der Waals surface area contributed by atoms with Crippen molar-refractivity contribution < 1.29 is 14.3 Å². The maximum atomic E-state index is 11.4. The molecule has 0 aliphatic rings. The van der Waals surface area contributed by atoms with Crippen molar-refractivity contribution in [1.29, 1.82) is 0 Å². The molecule has 0 spiro atoms. The van der Waals surface area contributed by atoms with Gasteiger partial charge in [-0.05, 0) is 24.1 Å². The van der Waals surface area contributed by atoms with Crippen molar-refractivity contribution in [3.05, 3.63) is 95.1 Å². The predicted molar refractivity (Wildman–Crippen MR) is 98.1 cm³/mol. The van der Waals surface area contributed by atoms with Crippen LogP contribution in [0.3, 0.4) is 0 Å². The number of rotatable bonds is 7. The molecule has 3 nitrogen and oxygen atoms in total. The highest BCUT2D eigenvalue weighted by molar-refractivity contribution is 5.79. The monoisotopic (exact) mass is 332 g/mol. The summed E-state index contributed by atoms with van der Waals surface area (Å²) in [7, 11) is 0. The number of carbonyl (C=O) groups excluding carboxylic acids is 1. The zero-order chi connectivity index (χ0) is 17.5. The minimum Gasteiger partial charge on any atom is -0.489 e. The smallest absolute Gasteiger partial charge is 0.150 e. The molecule has 0 aliphatic heterocycles. The van der Waals surface area contributed by atoms with Gasteiger partial charge in [-0.25, -0.2) is 0 Å².